The molecule has 1 heterocycles. The van der Waals surface area contributed by atoms with E-state index in [1.54, 1.807) is 21.3 Å². The van der Waals surface area contributed by atoms with Crippen LogP contribution in [0.3, 0.4) is 0 Å². The predicted octanol–water partition coefficient (Wildman–Crippen LogP) is 3.43. The van der Waals surface area contributed by atoms with Crippen LogP contribution in [0.5, 0.6) is 11.5 Å². The van der Waals surface area contributed by atoms with Gasteiger partial charge in [-0.3, -0.25) is 9.89 Å². The van der Waals surface area contributed by atoms with E-state index in [2.05, 4.69) is 51.7 Å². The SMILES string of the molecule is CN=C(NCc1ccc(OC)c(OC)c1)NCC(C)N1CCc2ccccc2C1.I. The van der Waals surface area contributed by atoms with Gasteiger partial charge in [0.1, 0.15) is 0 Å². The molecule has 2 aromatic carbocycles. The van der Waals surface area contributed by atoms with Crippen molar-refractivity contribution in [3.05, 3.63) is 59.2 Å². The first-order valence-corrected chi connectivity index (χ1v) is 10.1. The van der Waals surface area contributed by atoms with Gasteiger partial charge in [0.25, 0.3) is 0 Å². The predicted molar refractivity (Wildman–Crippen MR) is 133 cm³/mol. The highest BCUT2D eigenvalue weighted by molar-refractivity contribution is 14.0. The zero-order chi connectivity index (χ0) is 20.6. The van der Waals surface area contributed by atoms with E-state index in [4.69, 9.17) is 9.47 Å². The first-order valence-electron chi connectivity index (χ1n) is 10.1. The molecule has 1 atom stereocenters. The molecule has 0 fully saturated rings. The highest BCUT2D eigenvalue weighted by atomic mass is 127. The molecular formula is C23H33IN4O2. The summed E-state index contributed by atoms with van der Waals surface area (Å²) in [6.07, 6.45) is 1.12. The summed E-state index contributed by atoms with van der Waals surface area (Å²) in [5.74, 6) is 2.26. The number of guanidine groups is 1. The van der Waals surface area contributed by atoms with E-state index in [0.29, 0.717) is 12.6 Å². The average Bonchev–Trinajstić information content (AvgIpc) is 2.78. The Balaban J connectivity index is 0.00000320. The summed E-state index contributed by atoms with van der Waals surface area (Å²) in [6, 6.07) is 15.1. The van der Waals surface area contributed by atoms with Crippen LogP contribution in [-0.2, 0) is 19.5 Å². The van der Waals surface area contributed by atoms with E-state index in [1.807, 2.05) is 18.2 Å². The fourth-order valence-electron chi connectivity index (χ4n) is 3.66. The number of rotatable bonds is 7. The molecule has 1 unspecified atom stereocenters. The van der Waals surface area contributed by atoms with Gasteiger partial charge in [-0.1, -0.05) is 30.3 Å². The summed E-state index contributed by atoms with van der Waals surface area (Å²) >= 11 is 0. The van der Waals surface area contributed by atoms with Crippen LogP contribution in [0.2, 0.25) is 0 Å². The molecule has 6 nitrogen and oxygen atoms in total. The number of nitrogens with one attached hydrogen (secondary N) is 2. The Kier molecular flexibility index (Phi) is 9.71. The average molecular weight is 524 g/mol. The van der Waals surface area contributed by atoms with Crippen LogP contribution in [0.4, 0.5) is 0 Å². The Morgan fingerprint density at radius 3 is 2.50 bits per heavy atom. The minimum atomic E-state index is 0. The number of benzene rings is 2. The van der Waals surface area contributed by atoms with Gasteiger partial charge in [-0.2, -0.15) is 0 Å². The third kappa shape index (κ3) is 6.25. The van der Waals surface area contributed by atoms with Crippen LogP contribution in [-0.4, -0.2) is 51.3 Å². The van der Waals surface area contributed by atoms with Crippen molar-refractivity contribution in [2.24, 2.45) is 4.99 Å². The van der Waals surface area contributed by atoms with Gasteiger partial charge in [-0.05, 0) is 42.2 Å². The monoisotopic (exact) mass is 524 g/mol. The number of halogens is 1. The zero-order valence-electron chi connectivity index (χ0n) is 18.3. The van der Waals surface area contributed by atoms with Crippen LogP contribution < -0.4 is 20.1 Å². The van der Waals surface area contributed by atoms with Gasteiger partial charge >= 0.3 is 0 Å². The van der Waals surface area contributed by atoms with E-state index >= 15 is 0 Å². The van der Waals surface area contributed by atoms with Crippen molar-refractivity contribution >= 4 is 29.9 Å². The number of hydrogen-bond acceptors (Lipinski definition) is 4. The normalized spacial score (nSPS) is 14.9. The second kappa shape index (κ2) is 12.0. The van der Waals surface area contributed by atoms with Crippen LogP contribution in [0.25, 0.3) is 0 Å². The van der Waals surface area contributed by atoms with Crippen LogP contribution in [0.15, 0.2) is 47.5 Å². The molecule has 0 radical (unpaired) electrons. The van der Waals surface area contributed by atoms with E-state index in [0.717, 1.165) is 49.1 Å². The van der Waals surface area contributed by atoms with E-state index in [1.165, 1.54) is 11.1 Å². The van der Waals surface area contributed by atoms with Crippen molar-refractivity contribution in [2.45, 2.75) is 32.5 Å². The Labute approximate surface area is 197 Å². The maximum Gasteiger partial charge on any atom is 0.191 e. The van der Waals surface area contributed by atoms with E-state index in [-0.39, 0.29) is 24.0 Å². The summed E-state index contributed by atoms with van der Waals surface area (Å²) in [7, 11) is 5.09. The van der Waals surface area contributed by atoms with Crippen LogP contribution in [0.1, 0.15) is 23.6 Å². The highest BCUT2D eigenvalue weighted by Crippen LogP contribution is 2.27. The van der Waals surface area contributed by atoms with Crippen LogP contribution >= 0.6 is 24.0 Å². The third-order valence-corrected chi connectivity index (χ3v) is 5.48. The fourth-order valence-corrected chi connectivity index (χ4v) is 3.66. The van der Waals surface area contributed by atoms with Crippen molar-refractivity contribution in [2.75, 3.05) is 34.4 Å². The van der Waals surface area contributed by atoms with Crippen molar-refractivity contribution in [1.82, 2.24) is 15.5 Å². The summed E-state index contributed by atoms with van der Waals surface area (Å²) in [6.45, 7) is 5.87. The molecule has 0 bridgehead atoms. The minimum Gasteiger partial charge on any atom is -0.493 e. The highest BCUT2D eigenvalue weighted by Gasteiger charge is 2.20. The number of fused-ring (bicyclic) bond motifs is 1. The Hall–Kier alpha value is -2.00. The zero-order valence-corrected chi connectivity index (χ0v) is 20.6. The van der Waals surface area contributed by atoms with Gasteiger partial charge < -0.3 is 20.1 Å². The second-order valence-electron chi connectivity index (χ2n) is 7.33. The molecule has 7 heteroatoms. The lowest BCUT2D eigenvalue weighted by atomic mass is 9.99. The lowest BCUT2D eigenvalue weighted by Gasteiger charge is -2.34. The molecular weight excluding hydrogens is 491 g/mol. The molecule has 0 amide bonds. The molecule has 0 aromatic heterocycles. The van der Waals surface area contributed by atoms with Crippen LogP contribution in [0, 0.1) is 0 Å². The lowest BCUT2D eigenvalue weighted by Crippen LogP contribution is -2.47. The number of nitrogens with zero attached hydrogens (tertiary/aromatic N) is 2. The standard InChI is InChI=1S/C23H32N4O2.HI/c1-17(27-12-11-19-7-5-6-8-20(19)16-27)14-25-23(24-2)26-15-18-9-10-21(28-3)22(13-18)29-4;/h5-10,13,17H,11-12,14-16H2,1-4H3,(H2,24,25,26);1H. The second-order valence-corrected chi connectivity index (χ2v) is 7.33. The molecule has 1 aliphatic rings. The summed E-state index contributed by atoms with van der Waals surface area (Å²) in [4.78, 5) is 6.88. The minimum absolute atomic E-state index is 0. The molecule has 164 valence electrons. The van der Waals surface area contributed by atoms with Gasteiger partial charge in [-0.25, -0.2) is 0 Å². The van der Waals surface area contributed by atoms with Gasteiger partial charge in [0, 0.05) is 39.3 Å². The van der Waals surface area contributed by atoms with Crippen molar-refractivity contribution in [1.29, 1.82) is 0 Å². The molecule has 2 aromatic rings. The number of hydrogen-bond donors (Lipinski definition) is 2. The lowest BCUT2D eigenvalue weighted by molar-refractivity contribution is 0.191. The first kappa shape index (κ1) is 24.3. The maximum atomic E-state index is 5.38. The molecule has 0 spiro atoms. The Morgan fingerprint density at radius 2 is 1.80 bits per heavy atom. The number of methoxy groups -OCH3 is 2. The molecule has 1 aliphatic heterocycles. The fraction of sp³-hybridized carbons (Fsp3) is 0.435. The Bertz CT molecular complexity index is 844. The third-order valence-electron chi connectivity index (χ3n) is 5.48. The molecule has 30 heavy (non-hydrogen) atoms. The van der Waals surface area contributed by atoms with Crippen molar-refractivity contribution in [3.63, 3.8) is 0 Å². The van der Waals surface area contributed by atoms with E-state index < -0.39 is 0 Å². The summed E-state index contributed by atoms with van der Waals surface area (Å²) < 4.78 is 10.7. The first-order chi connectivity index (χ1) is 14.1. The van der Waals surface area contributed by atoms with Gasteiger partial charge in [0.15, 0.2) is 17.5 Å². The molecule has 0 saturated carbocycles. The summed E-state index contributed by atoms with van der Waals surface area (Å²) in [5, 5.41) is 6.83. The Morgan fingerprint density at radius 1 is 1.07 bits per heavy atom. The van der Waals surface area contributed by atoms with Gasteiger partial charge in [0.2, 0.25) is 0 Å². The van der Waals surface area contributed by atoms with Crippen molar-refractivity contribution in [3.8, 4) is 11.5 Å². The number of aliphatic imine (C=N–C) groups is 1. The molecule has 0 saturated heterocycles. The maximum absolute atomic E-state index is 5.38. The quantitative estimate of drug-likeness (QED) is 0.330. The topological polar surface area (TPSA) is 58.1 Å². The van der Waals surface area contributed by atoms with Crippen molar-refractivity contribution < 1.29 is 9.47 Å². The molecule has 0 aliphatic carbocycles. The smallest absolute Gasteiger partial charge is 0.191 e. The largest absolute Gasteiger partial charge is 0.493 e. The van der Waals surface area contributed by atoms with Gasteiger partial charge in [-0.15, -0.1) is 24.0 Å². The summed E-state index contributed by atoms with van der Waals surface area (Å²) in [5.41, 5.74) is 4.03. The van der Waals surface area contributed by atoms with Gasteiger partial charge in [0.05, 0.1) is 14.2 Å². The number of ether oxygens (including phenoxy) is 2. The molecule has 2 N–H and O–H groups in total. The van der Waals surface area contributed by atoms with E-state index in [9.17, 15) is 0 Å². The molecule has 3 rings (SSSR count).